The van der Waals surface area contributed by atoms with Crippen molar-refractivity contribution in [2.75, 3.05) is 0 Å². The summed E-state index contributed by atoms with van der Waals surface area (Å²) < 4.78 is 76.5. The van der Waals surface area contributed by atoms with E-state index in [1.165, 1.54) is 0 Å². The molecule has 25 heavy (non-hydrogen) atoms. The Bertz CT molecular complexity index is 514. The molecule has 7 heteroatoms. The van der Waals surface area contributed by atoms with E-state index in [4.69, 9.17) is 3.07 Å². The minimum absolute atomic E-state index is 0.727. The Kier molecular flexibility index (Phi) is 9.52. The van der Waals surface area contributed by atoms with Crippen molar-refractivity contribution in [1.29, 1.82) is 0 Å². The molecule has 1 aromatic rings. The number of benzene rings is 1. The number of hydrogen-bond acceptors (Lipinski definition) is 1. The Morgan fingerprint density at radius 2 is 0.920 bits per heavy atom. The van der Waals surface area contributed by atoms with Crippen molar-refractivity contribution in [3.05, 3.63) is 29.1 Å². The van der Waals surface area contributed by atoms with Crippen LogP contribution in [-0.4, -0.2) is 18.8 Å². The molecule has 1 rings (SSSR count). The predicted octanol–water partition coefficient (Wildman–Crippen LogP) is 7.11. The second-order valence-corrected chi connectivity index (χ2v) is 18.1. The molecule has 0 heterocycles. The Balaban J connectivity index is 3.31. The van der Waals surface area contributed by atoms with Crippen LogP contribution in [0.2, 0.25) is 13.3 Å². The molecule has 0 spiro atoms. The summed E-state index contributed by atoms with van der Waals surface area (Å²) in [6, 6.07) is 0. The first-order valence-electron chi connectivity index (χ1n) is 9.04. The summed E-state index contributed by atoms with van der Waals surface area (Å²) in [5.74, 6) is -10.8. The van der Waals surface area contributed by atoms with Gasteiger partial charge in [-0.2, -0.15) is 0 Å². The molecule has 0 saturated carbocycles. The van der Waals surface area contributed by atoms with Crippen molar-refractivity contribution in [2.45, 2.75) is 72.6 Å². The van der Waals surface area contributed by atoms with Crippen molar-refractivity contribution in [2.24, 2.45) is 0 Å². The van der Waals surface area contributed by atoms with E-state index < -0.39 is 53.6 Å². The zero-order chi connectivity index (χ0) is 19.0. The zero-order valence-corrected chi connectivity index (χ0v) is 18.0. The van der Waals surface area contributed by atoms with Gasteiger partial charge < -0.3 is 0 Å². The molecule has 0 amide bonds. The van der Waals surface area contributed by atoms with Gasteiger partial charge >= 0.3 is 151 Å². The number of hydrogen-bond donors (Lipinski definition) is 0. The topological polar surface area (TPSA) is 9.23 Å². The summed E-state index contributed by atoms with van der Waals surface area (Å²) in [5, 5.41) is 0. The summed E-state index contributed by atoms with van der Waals surface area (Å²) >= 11 is -3.55. The second-order valence-electron chi connectivity index (χ2n) is 6.49. The molecule has 0 aliphatic rings. The van der Waals surface area contributed by atoms with Gasteiger partial charge in [-0.3, -0.25) is 0 Å². The predicted molar refractivity (Wildman–Crippen MR) is 91.8 cm³/mol. The van der Waals surface area contributed by atoms with E-state index in [1.807, 2.05) is 20.8 Å². The SMILES string of the molecule is CCC[CH2][Sn]([CH2]CCC)([CH2]CCC)[O]c1c(F)c(F)c(F)c(F)c1F. The van der Waals surface area contributed by atoms with Crippen molar-refractivity contribution >= 4 is 18.8 Å². The third kappa shape index (κ3) is 5.72. The van der Waals surface area contributed by atoms with E-state index in [1.54, 1.807) is 0 Å². The summed E-state index contributed by atoms with van der Waals surface area (Å²) in [6.45, 7) is 6.03. The van der Waals surface area contributed by atoms with Gasteiger partial charge in [-0.15, -0.1) is 0 Å². The molecule has 0 saturated heterocycles. The van der Waals surface area contributed by atoms with Gasteiger partial charge in [-0.1, -0.05) is 0 Å². The van der Waals surface area contributed by atoms with Crippen LogP contribution in [0.15, 0.2) is 0 Å². The maximum absolute atomic E-state index is 14.1. The molecule has 0 aromatic heterocycles. The molecule has 0 unspecified atom stereocenters. The normalized spacial score (nSPS) is 11.8. The molecule has 0 bridgehead atoms. The maximum atomic E-state index is 14.1. The summed E-state index contributed by atoms with van der Waals surface area (Å²) in [5.41, 5.74) is 0. The molecular weight excluding hydrogens is 446 g/mol. The van der Waals surface area contributed by atoms with E-state index in [0.29, 0.717) is 0 Å². The van der Waals surface area contributed by atoms with Crippen LogP contribution in [0.5, 0.6) is 5.75 Å². The van der Waals surface area contributed by atoms with E-state index in [9.17, 15) is 22.0 Å². The third-order valence-electron chi connectivity index (χ3n) is 4.45. The zero-order valence-electron chi connectivity index (χ0n) is 15.2. The molecular formula is C18H27F5OSn. The molecule has 0 aliphatic heterocycles. The van der Waals surface area contributed by atoms with Crippen LogP contribution in [0.1, 0.15) is 59.3 Å². The molecule has 144 valence electrons. The molecule has 0 atom stereocenters. The van der Waals surface area contributed by atoms with E-state index in [0.717, 1.165) is 51.8 Å². The molecule has 0 aliphatic carbocycles. The first-order valence-corrected chi connectivity index (χ1v) is 16.3. The average molecular weight is 473 g/mol. The summed E-state index contributed by atoms with van der Waals surface area (Å²) in [4.78, 5) is 0. The molecule has 0 N–H and O–H groups in total. The van der Waals surface area contributed by atoms with Crippen LogP contribution >= 0.6 is 0 Å². The standard InChI is InChI=1S/C6HF5O.3C4H9.Sn/c7-1-2(8)4(10)6(12)5(11)3(1)9;3*1-3-4-2;/h12H;3*1,3-4H2,2H3;/q;;;;+1/p-1. The van der Waals surface area contributed by atoms with Gasteiger partial charge in [0.1, 0.15) is 0 Å². The fourth-order valence-corrected chi connectivity index (χ4v) is 16.2. The Hall–Kier alpha value is -0.531. The van der Waals surface area contributed by atoms with Gasteiger partial charge in [-0.05, 0) is 0 Å². The monoisotopic (exact) mass is 474 g/mol. The van der Waals surface area contributed by atoms with Gasteiger partial charge in [0.25, 0.3) is 0 Å². The van der Waals surface area contributed by atoms with Gasteiger partial charge in [0.05, 0.1) is 0 Å². The molecule has 1 nitrogen and oxygen atoms in total. The van der Waals surface area contributed by atoms with Gasteiger partial charge in [0.15, 0.2) is 0 Å². The Labute approximate surface area is 151 Å². The average Bonchev–Trinajstić information content (AvgIpc) is 2.62. The summed E-state index contributed by atoms with van der Waals surface area (Å²) in [6.07, 6.45) is 5.24. The third-order valence-corrected chi connectivity index (χ3v) is 17.1. The minimum atomic E-state index is -3.55. The quantitative estimate of drug-likeness (QED) is 0.144. The second kappa shape index (κ2) is 10.6. The van der Waals surface area contributed by atoms with Crippen molar-refractivity contribution < 1.29 is 25.0 Å². The Morgan fingerprint density at radius 3 is 1.24 bits per heavy atom. The first-order chi connectivity index (χ1) is 11.8. The first kappa shape index (κ1) is 22.5. The summed E-state index contributed by atoms with van der Waals surface area (Å²) in [7, 11) is 0. The van der Waals surface area contributed by atoms with Crippen LogP contribution in [0.25, 0.3) is 0 Å². The van der Waals surface area contributed by atoms with Gasteiger partial charge in [0, 0.05) is 0 Å². The van der Waals surface area contributed by atoms with Gasteiger partial charge in [-0.25, -0.2) is 0 Å². The molecule has 0 radical (unpaired) electrons. The molecule has 0 fully saturated rings. The van der Waals surface area contributed by atoms with E-state index in [2.05, 4.69) is 0 Å². The fourth-order valence-electron chi connectivity index (χ4n) is 2.92. The van der Waals surface area contributed by atoms with Crippen molar-refractivity contribution in [3.8, 4) is 5.75 Å². The van der Waals surface area contributed by atoms with E-state index >= 15 is 0 Å². The van der Waals surface area contributed by atoms with Gasteiger partial charge in [0.2, 0.25) is 0 Å². The fraction of sp³-hybridized carbons (Fsp3) is 0.667. The molecule has 1 aromatic carbocycles. The number of halogens is 5. The van der Waals surface area contributed by atoms with Crippen molar-refractivity contribution in [1.82, 2.24) is 0 Å². The Morgan fingerprint density at radius 1 is 0.600 bits per heavy atom. The number of rotatable bonds is 11. The van der Waals surface area contributed by atoms with Crippen LogP contribution in [-0.2, 0) is 0 Å². The van der Waals surface area contributed by atoms with Crippen LogP contribution in [0.3, 0.4) is 0 Å². The van der Waals surface area contributed by atoms with Crippen LogP contribution < -0.4 is 3.07 Å². The van der Waals surface area contributed by atoms with E-state index in [-0.39, 0.29) is 0 Å². The number of unbranched alkanes of at least 4 members (excludes halogenated alkanes) is 3. The van der Waals surface area contributed by atoms with Crippen LogP contribution in [0.4, 0.5) is 22.0 Å². The van der Waals surface area contributed by atoms with Crippen molar-refractivity contribution in [3.63, 3.8) is 0 Å². The van der Waals surface area contributed by atoms with Crippen LogP contribution in [0, 0.1) is 29.1 Å².